The molecular weight excluding hydrogens is 376 g/mol. The van der Waals surface area contributed by atoms with E-state index in [4.69, 9.17) is 4.74 Å². The fourth-order valence-corrected chi connectivity index (χ4v) is 3.43. The molecule has 1 aromatic heterocycles. The quantitative estimate of drug-likeness (QED) is 0.315. The summed E-state index contributed by atoms with van der Waals surface area (Å²) in [5.41, 5.74) is 1.07. The fraction of sp³-hybridized carbons (Fsp3) is 0.400. The molecule has 2 heterocycles. The molecule has 0 spiro atoms. The minimum atomic E-state index is -0.485. The molecular formula is C20H22N4O5. The van der Waals surface area contributed by atoms with Gasteiger partial charge in [0.05, 0.1) is 17.4 Å². The highest BCUT2D eigenvalue weighted by molar-refractivity contribution is 5.94. The van der Waals surface area contributed by atoms with Gasteiger partial charge < -0.3 is 9.64 Å². The lowest BCUT2D eigenvalue weighted by Crippen LogP contribution is -2.37. The van der Waals surface area contributed by atoms with Crippen LogP contribution in [0.15, 0.2) is 30.6 Å². The summed E-state index contributed by atoms with van der Waals surface area (Å²) in [5.74, 6) is -0.280. The number of anilines is 1. The third kappa shape index (κ3) is 4.39. The van der Waals surface area contributed by atoms with Crippen molar-refractivity contribution in [2.75, 3.05) is 24.6 Å². The Labute approximate surface area is 167 Å². The summed E-state index contributed by atoms with van der Waals surface area (Å²) in [6.45, 7) is 4.48. The molecule has 0 amide bonds. The van der Waals surface area contributed by atoms with E-state index in [1.807, 2.05) is 4.90 Å². The topological polar surface area (TPSA) is 116 Å². The number of ether oxygens (including phenoxy) is 1. The van der Waals surface area contributed by atoms with Crippen LogP contribution in [0.5, 0.6) is 0 Å². The van der Waals surface area contributed by atoms with Gasteiger partial charge in [-0.15, -0.1) is 0 Å². The number of ketones is 1. The second kappa shape index (κ2) is 8.76. The number of benzene rings is 1. The van der Waals surface area contributed by atoms with E-state index < -0.39 is 4.92 Å². The zero-order valence-corrected chi connectivity index (χ0v) is 16.3. The first kappa shape index (κ1) is 20.4. The number of esters is 1. The van der Waals surface area contributed by atoms with Crippen LogP contribution >= 0.6 is 0 Å². The highest BCUT2D eigenvalue weighted by Crippen LogP contribution is 2.36. The van der Waals surface area contributed by atoms with Crippen molar-refractivity contribution in [3.05, 3.63) is 46.3 Å². The smallest absolute Gasteiger partial charge is 0.337 e. The predicted molar refractivity (Wildman–Crippen MR) is 106 cm³/mol. The third-order valence-corrected chi connectivity index (χ3v) is 4.96. The number of carbonyl (C=O) groups is 2. The number of Topliss-reactive ketones (excluding diaryl/α,β-unsaturated/α-hetero) is 1. The summed E-state index contributed by atoms with van der Waals surface area (Å²) in [4.78, 5) is 44.9. The fourth-order valence-electron chi connectivity index (χ4n) is 3.43. The average molecular weight is 398 g/mol. The number of nitrogens with zero attached hydrogens (tertiary/aromatic N) is 4. The van der Waals surface area contributed by atoms with Crippen LogP contribution in [0.1, 0.15) is 37.0 Å². The molecule has 2 aromatic rings. The summed E-state index contributed by atoms with van der Waals surface area (Å²) >= 11 is 0. The second-order valence-corrected chi connectivity index (χ2v) is 6.80. The summed E-state index contributed by atoms with van der Waals surface area (Å²) in [6, 6.07) is 6.52. The molecule has 0 atom stereocenters. The first-order valence-electron chi connectivity index (χ1n) is 9.44. The Bertz CT molecular complexity index is 921. The predicted octanol–water partition coefficient (Wildman–Crippen LogP) is 3.03. The molecule has 0 N–H and O–H groups in total. The van der Waals surface area contributed by atoms with Gasteiger partial charge in [-0.25, -0.2) is 9.97 Å². The molecule has 0 unspecified atom stereocenters. The molecule has 1 saturated heterocycles. The minimum Gasteiger partial charge on any atom is -0.466 e. The van der Waals surface area contributed by atoms with E-state index >= 15 is 0 Å². The van der Waals surface area contributed by atoms with Gasteiger partial charge >= 0.3 is 11.7 Å². The van der Waals surface area contributed by atoms with Crippen LogP contribution in [0.25, 0.3) is 11.3 Å². The minimum absolute atomic E-state index is 0.0844. The van der Waals surface area contributed by atoms with Crippen molar-refractivity contribution >= 4 is 23.3 Å². The van der Waals surface area contributed by atoms with Gasteiger partial charge in [0.2, 0.25) is 5.82 Å². The Kier molecular flexibility index (Phi) is 6.16. The lowest BCUT2D eigenvalue weighted by molar-refractivity contribution is -0.383. The number of piperidine rings is 1. The van der Waals surface area contributed by atoms with Crippen molar-refractivity contribution in [2.24, 2.45) is 5.92 Å². The van der Waals surface area contributed by atoms with Gasteiger partial charge in [-0.05, 0) is 26.7 Å². The van der Waals surface area contributed by atoms with Crippen molar-refractivity contribution in [2.45, 2.75) is 26.7 Å². The number of hydrogen-bond donors (Lipinski definition) is 0. The molecule has 152 valence electrons. The Hall–Kier alpha value is -3.36. The zero-order valence-electron chi connectivity index (χ0n) is 16.3. The van der Waals surface area contributed by atoms with Gasteiger partial charge in [-0.2, -0.15) is 0 Å². The van der Waals surface area contributed by atoms with Crippen LogP contribution in [-0.2, 0) is 9.53 Å². The van der Waals surface area contributed by atoms with Gasteiger partial charge in [-0.1, -0.05) is 24.3 Å². The average Bonchev–Trinajstić information content (AvgIpc) is 2.73. The van der Waals surface area contributed by atoms with E-state index in [0.29, 0.717) is 43.7 Å². The maximum absolute atomic E-state index is 11.9. The molecule has 0 radical (unpaired) electrons. The number of carbonyl (C=O) groups excluding carboxylic acids is 2. The lowest BCUT2D eigenvalue weighted by Gasteiger charge is -2.31. The molecule has 1 aliphatic heterocycles. The number of hydrogen-bond acceptors (Lipinski definition) is 8. The summed E-state index contributed by atoms with van der Waals surface area (Å²) < 4.78 is 5.07. The molecule has 9 heteroatoms. The number of rotatable bonds is 6. The molecule has 29 heavy (non-hydrogen) atoms. The molecule has 0 saturated carbocycles. The molecule has 1 fully saturated rings. The van der Waals surface area contributed by atoms with Crippen LogP contribution in [-0.4, -0.2) is 46.3 Å². The van der Waals surface area contributed by atoms with Crippen molar-refractivity contribution in [3.63, 3.8) is 0 Å². The number of aromatic nitrogens is 2. The van der Waals surface area contributed by atoms with Crippen LogP contribution < -0.4 is 4.90 Å². The summed E-state index contributed by atoms with van der Waals surface area (Å²) in [5, 5.41) is 11.9. The Morgan fingerprint density at radius 2 is 1.86 bits per heavy atom. The monoisotopic (exact) mass is 398 g/mol. The third-order valence-electron chi connectivity index (χ3n) is 4.96. The van der Waals surface area contributed by atoms with Gasteiger partial charge in [0.15, 0.2) is 11.5 Å². The van der Waals surface area contributed by atoms with E-state index in [2.05, 4.69) is 9.97 Å². The maximum Gasteiger partial charge on any atom is 0.337 e. The van der Waals surface area contributed by atoms with E-state index in [1.165, 1.54) is 13.3 Å². The maximum atomic E-state index is 11.9. The van der Waals surface area contributed by atoms with Crippen LogP contribution in [0, 0.1) is 16.0 Å². The highest BCUT2D eigenvalue weighted by Gasteiger charge is 2.32. The van der Waals surface area contributed by atoms with E-state index in [1.54, 1.807) is 31.2 Å². The molecule has 0 aliphatic carbocycles. The van der Waals surface area contributed by atoms with Crippen LogP contribution in [0.2, 0.25) is 0 Å². The number of nitro groups is 1. The van der Waals surface area contributed by atoms with E-state index in [9.17, 15) is 19.7 Å². The Balaban J connectivity index is 1.89. The van der Waals surface area contributed by atoms with Gasteiger partial charge in [0, 0.05) is 24.2 Å². The molecule has 9 nitrogen and oxygen atoms in total. The first-order valence-corrected chi connectivity index (χ1v) is 9.44. The van der Waals surface area contributed by atoms with Crippen molar-refractivity contribution in [1.29, 1.82) is 0 Å². The molecule has 1 aliphatic rings. The SMILES string of the molecule is CCOC(=O)C1CCN(c2ncnc(-c3ccc(C(C)=O)cc3)c2[N+](=O)[O-])CC1. The van der Waals surface area contributed by atoms with Gasteiger partial charge in [0.1, 0.15) is 6.33 Å². The highest BCUT2D eigenvalue weighted by atomic mass is 16.6. The Morgan fingerprint density at radius 1 is 1.21 bits per heavy atom. The van der Waals surface area contributed by atoms with Gasteiger partial charge in [-0.3, -0.25) is 19.7 Å². The molecule has 1 aromatic carbocycles. The molecule has 3 rings (SSSR count). The van der Waals surface area contributed by atoms with Crippen LogP contribution in [0.3, 0.4) is 0 Å². The zero-order chi connectivity index (χ0) is 21.0. The first-order chi connectivity index (χ1) is 13.9. The largest absolute Gasteiger partial charge is 0.466 e. The standard InChI is InChI=1S/C20H22N4O5/c1-3-29-20(26)16-8-10-23(11-9-16)19-18(24(27)28)17(21-12-22-19)15-6-4-14(5-7-15)13(2)25/h4-7,12,16H,3,8-11H2,1-2H3. The van der Waals surface area contributed by atoms with E-state index in [0.717, 1.165) is 0 Å². The van der Waals surface area contributed by atoms with Crippen LogP contribution in [0.4, 0.5) is 11.5 Å². The molecule has 0 bridgehead atoms. The second-order valence-electron chi connectivity index (χ2n) is 6.80. The lowest BCUT2D eigenvalue weighted by atomic mass is 9.97. The summed E-state index contributed by atoms with van der Waals surface area (Å²) in [7, 11) is 0. The Morgan fingerprint density at radius 3 is 2.41 bits per heavy atom. The normalized spacial score (nSPS) is 14.5. The van der Waals surface area contributed by atoms with Crippen molar-refractivity contribution in [3.8, 4) is 11.3 Å². The van der Waals surface area contributed by atoms with Crippen molar-refractivity contribution in [1.82, 2.24) is 9.97 Å². The van der Waals surface area contributed by atoms with Gasteiger partial charge in [0.25, 0.3) is 0 Å². The van der Waals surface area contributed by atoms with Crippen molar-refractivity contribution < 1.29 is 19.2 Å². The van der Waals surface area contributed by atoms with E-state index in [-0.39, 0.29) is 34.9 Å². The summed E-state index contributed by atoms with van der Waals surface area (Å²) in [6.07, 6.45) is 2.39.